The van der Waals surface area contributed by atoms with Crippen molar-refractivity contribution in [1.82, 2.24) is 9.78 Å². The molecule has 6 rings (SSSR count). The maximum absolute atomic E-state index is 12.1. The summed E-state index contributed by atoms with van der Waals surface area (Å²) in [6, 6.07) is 12.1. The second-order valence-electron chi connectivity index (χ2n) is 11.1. The third kappa shape index (κ3) is 2.94. The number of nitriles is 1. The number of rotatable bonds is 2. The Labute approximate surface area is 196 Å². The molecule has 1 heterocycles. The van der Waals surface area contributed by atoms with Crippen molar-refractivity contribution in [2.75, 3.05) is 0 Å². The number of aromatic nitrogens is 2. The van der Waals surface area contributed by atoms with Crippen molar-refractivity contribution in [3.05, 3.63) is 65.5 Å². The van der Waals surface area contributed by atoms with Gasteiger partial charge >= 0.3 is 0 Å². The summed E-state index contributed by atoms with van der Waals surface area (Å²) in [5.41, 5.74) is 6.11. The Hall–Kier alpha value is -2.93. The summed E-state index contributed by atoms with van der Waals surface area (Å²) in [5, 5.41) is 13.8. The average Bonchev–Trinajstić information content (AvgIpc) is 3.43. The van der Waals surface area contributed by atoms with Crippen LogP contribution in [0.2, 0.25) is 0 Å². The first-order chi connectivity index (χ1) is 15.9. The van der Waals surface area contributed by atoms with Gasteiger partial charge < -0.3 is 0 Å². The Kier molecular flexibility index (Phi) is 4.56. The maximum Gasteiger partial charge on any atom is 0.155 e. The lowest BCUT2D eigenvalue weighted by atomic mass is 9.47. The summed E-state index contributed by atoms with van der Waals surface area (Å²) in [5.74, 6) is 2.41. The second kappa shape index (κ2) is 7.29. The van der Waals surface area contributed by atoms with Gasteiger partial charge in [-0.25, -0.2) is 4.68 Å². The summed E-state index contributed by atoms with van der Waals surface area (Å²) in [7, 11) is 0. The minimum Gasteiger partial charge on any atom is -0.295 e. The molecule has 0 amide bonds. The standard InChI is InChI=1S/C29H31N3O/c1-28-14-11-22(33)17-20(28)5-8-23-24-9-10-26(29(24,2)15-12-25(23)28)27-13-16-31-32(27)21-6-3-19(18-30)4-7-21/h3-4,6-7,10,13,16-17,23-25H,5,8-9,11-12,14-15H2,1-2H3/t23-,24-,25-,28-,29-/m0/s1. The number of ketones is 1. The zero-order valence-corrected chi connectivity index (χ0v) is 19.6. The molecule has 5 atom stereocenters. The zero-order valence-electron chi connectivity index (χ0n) is 19.6. The fourth-order valence-electron chi connectivity index (χ4n) is 7.91. The van der Waals surface area contributed by atoms with Crippen molar-refractivity contribution in [3.63, 3.8) is 0 Å². The highest BCUT2D eigenvalue weighted by Gasteiger charge is 2.57. The molecular weight excluding hydrogens is 406 g/mol. The molecule has 4 aliphatic carbocycles. The van der Waals surface area contributed by atoms with E-state index in [2.05, 4.69) is 37.2 Å². The van der Waals surface area contributed by atoms with E-state index in [1.807, 2.05) is 41.2 Å². The fraction of sp³-hybridized carbons (Fsp3) is 0.483. The lowest BCUT2D eigenvalue weighted by Crippen LogP contribution is -2.49. The van der Waals surface area contributed by atoms with Gasteiger partial charge in [-0.15, -0.1) is 0 Å². The van der Waals surface area contributed by atoms with Crippen LogP contribution in [0, 0.1) is 39.9 Å². The summed E-state index contributed by atoms with van der Waals surface area (Å²) in [6.45, 7) is 4.94. The highest BCUT2D eigenvalue weighted by molar-refractivity contribution is 5.91. The van der Waals surface area contributed by atoms with E-state index < -0.39 is 0 Å². The first-order valence-corrected chi connectivity index (χ1v) is 12.4. The molecule has 4 aliphatic rings. The maximum atomic E-state index is 12.1. The van der Waals surface area contributed by atoms with Gasteiger partial charge in [0.05, 0.1) is 29.2 Å². The van der Waals surface area contributed by atoms with Gasteiger partial charge in [0.15, 0.2) is 5.78 Å². The molecule has 0 N–H and O–H groups in total. The summed E-state index contributed by atoms with van der Waals surface area (Å²) in [4.78, 5) is 12.1. The van der Waals surface area contributed by atoms with Crippen LogP contribution in [-0.4, -0.2) is 15.6 Å². The van der Waals surface area contributed by atoms with Gasteiger partial charge in [-0.1, -0.05) is 25.5 Å². The predicted molar refractivity (Wildman–Crippen MR) is 128 cm³/mol. The molecule has 2 saturated carbocycles. The van der Waals surface area contributed by atoms with E-state index in [1.165, 1.54) is 36.1 Å². The molecule has 0 unspecified atom stereocenters. The molecule has 33 heavy (non-hydrogen) atoms. The third-order valence-electron chi connectivity index (χ3n) is 9.70. The quantitative estimate of drug-likeness (QED) is 0.556. The molecule has 2 fully saturated rings. The normalized spacial score (nSPS) is 35.1. The summed E-state index contributed by atoms with van der Waals surface area (Å²) in [6.07, 6.45) is 14.0. The smallest absolute Gasteiger partial charge is 0.155 e. The van der Waals surface area contributed by atoms with E-state index >= 15 is 0 Å². The van der Waals surface area contributed by atoms with Crippen LogP contribution in [0.5, 0.6) is 0 Å². The number of hydrogen-bond acceptors (Lipinski definition) is 3. The van der Waals surface area contributed by atoms with Crippen LogP contribution in [0.25, 0.3) is 11.3 Å². The minimum atomic E-state index is 0.160. The largest absolute Gasteiger partial charge is 0.295 e. The number of allylic oxidation sites excluding steroid dienone is 4. The van der Waals surface area contributed by atoms with Crippen LogP contribution in [0.1, 0.15) is 70.1 Å². The topological polar surface area (TPSA) is 58.7 Å². The van der Waals surface area contributed by atoms with Crippen molar-refractivity contribution >= 4 is 11.4 Å². The Bertz CT molecular complexity index is 1230. The molecular formula is C29H31N3O. The summed E-state index contributed by atoms with van der Waals surface area (Å²) >= 11 is 0. The minimum absolute atomic E-state index is 0.160. The predicted octanol–water partition coefficient (Wildman–Crippen LogP) is 6.27. The number of carbonyl (C=O) groups excluding carboxylic acids is 1. The first kappa shape index (κ1) is 20.7. The molecule has 0 aliphatic heterocycles. The molecule has 1 aromatic heterocycles. The van der Waals surface area contributed by atoms with Gasteiger partial charge in [-0.05, 0) is 109 Å². The number of fused-ring (bicyclic) bond motifs is 5. The van der Waals surface area contributed by atoms with E-state index in [0.717, 1.165) is 37.3 Å². The van der Waals surface area contributed by atoms with Crippen molar-refractivity contribution in [1.29, 1.82) is 5.26 Å². The van der Waals surface area contributed by atoms with Crippen molar-refractivity contribution in [3.8, 4) is 11.8 Å². The van der Waals surface area contributed by atoms with Crippen LogP contribution in [0.4, 0.5) is 0 Å². The first-order valence-electron chi connectivity index (χ1n) is 12.4. The second-order valence-corrected chi connectivity index (χ2v) is 11.1. The average molecular weight is 438 g/mol. The van der Waals surface area contributed by atoms with E-state index in [0.29, 0.717) is 23.2 Å². The van der Waals surface area contributed by atoms with Crippen LogP contribution < -0.4 is 0 Å². The SMILES string of the molecule is C[C@]12CCC(=O)C=C1CC[C@@H]1[C@@H]2CC[C@]2(C)C(c3ccnn3-c3ccc(C#N)cc3)=CC[C@@H]12. The number of hydrogen-bond donors (Lipinski definition) is 0. The van der Waals surface area contributed by atoms with E-state index in [9.17, 15) is 4.79 Å². The molecule has 4 nitrogen and oxygen atoms in total. The number of carbonyl (C=O) groups is 1. The van der Waals surface area contributed by atoms with Gasteiger partial charge in [0, 0.05) is 6.42 Å². The van der Waals surface area contributed by atoms with E-state index in [1.54, 1.807) is 0 Å². The summed E-state index contributed by atoms with van der Waals surface area (Å²) < 4.78 is 2.04. The lowest BCUT2D eigenvalue weighted by Gasteiger charge is -2.57. The van der Waals surface area contributed by atoms with Crippen LogP contribution in [0.15, 0.2) is 54.3 Å². The number of benzene rings is 1. The van der Waals surface area contributed by atoms with Crippen molar-refractivity contribution in [2.45, 2.75) is 58.8 Å². The van der Waals surface area contributed by atoms with Gasteiger partial charge in [0.2, 0.25) is 0 Å². The van der Waals surface area contributed by atoms with Gasteiger partial charge in [0.25, 0.3) is 0 Å². The molecule has 0 spiro atoms. The van der Waals surface area contributed by atoms with Crippen LogP contribution >= 0.6 is 0 Å². The van der Waals surface area contributed by atoms with Crippen LogP contribution in [0.3, 0.4) is 0 Å². The third-order valence-corrected chi connectivity index (χ3v) is 9.70. The molecule has 0 bridgehead atoms. The molecule has 4 heteroatoms. The molecule has 0 saturated heterocycles. The highest BCUT2D eigenvalue weighted by atomic mass is 16.1. The lowest BCUT2D eigenvalue weighted by molar-refractivity contribution is -0.117. The molecule has 1 aromatic carbocycles. The Morgan fingerprint density at radius 1 is 1.03 bits per heavy atom. The fourth-order valence-corrected chi connectivity index (χ4v) is 7.91. The molecule has 168 valence electrons. The zero-order chi connectivity index (χ0) is 22.8. The molecule has 0 radical (unpaired) electrons. The highest BCUT2D eigenvalue weighted by Crippen LogP contribution is 2.66. The van der Waals surface area contributed by atoms with Crippen molar-refractivity contribution in [2.24, 2.45) is 28.6 Å². The Morgan fingerprint density at radius 3 is 2.64 bits per heavy atom. The van der Waals surface area contributed by atoms with Crippen LogP contribution in [-0.2, 0) is 4.79 Å². The van der Waals surface area contributed by atoms with Gasteiger partial charge in [-0.2, -0.15) is 10.4 Å². The number of nitrogens with zero attached hydrogens (tertiary/aromatic N) is 3. The van der Waals surface area contributed by atoms with Gasteiger partial charge in [0.1, 0.15) is 0 Å². The molecule has 2 aromatic rings. The Morgan fingerprint density at radius 2 is 1.85 bits per heavy atom. The van der Waals surface area contributed by atoms with E-state index in [-0.39, 0.29) is 10.8 Å². The van der Waals surface area contributed by atoms with E-state index in [4.69, 9.17) is 5.26 Å². The van der Waals surface area contributed by atoms with Gasteiger partial charge in [-0.3, -0.25) is 4.79 Å². The van der Waals surface area contributed by atoms with Crippen molar-refractivity contribution < 1.29 is 4.79 Å². The Balaban J connectivity index is 1.32. The monoisotopic (exact) mass is 437 g/mol.